The van der Waals surface area contributed by atoms with Gasteiger partial charge in [-0.05, 0) is 43.5 Å². The van der Waals surface area contributed by atoms with Gasteiger partial charge in [0.2, 0.25) is 0 Å². The molecule has 148 valence electrons. The second-order valence-corrected chi connectivity index (χ2v) is 7.90. The standard InChI is InChI=1S/C20H18ClN5O2S/c21-13-5-6-14(20(28)26-9-2-1-3-10-26)15(11-13)24-18(27)16-12-29-19(25-16)17-22-7-4-8-23-17/h4-8,11-12H,1-3,9-10H2,(H,24,27). The number of thiazole rings is 1. The van der Waals surface area contributed by atoms with Crippen LogP contribution >= 0.6 is 22.9 Å². The third kappa shape index (κ3) is 4.44. The van der Waals surface area contributed by atoms with Gasteiger partial charge in [-0.15, -0.1) is 11.3 Å². The maximum absolute atomic E-state index is 12.9. The Balaban J connectivity index is 1.56. The highest BCUT2D eigenvalue weighted by atomic mass is 35.5. The highest BCUT2D eigenvalue weighted by Gasteiger charge is 2.22. The summed E-state index contributed by atoms with van der Waals surface area (Å²) in [6.45, 7) is 1.45. The van der Waals surface area contributed by atoms with Gasteiger partial charge in [0.05, 0.1) is 11.3 Å². The van der Waals surface area contributed by atoms with Crippen molar-refractivity contribution in [3.8, 4) is 10.8 Å². The Hall–Kier alpha value is -2.84. The van der Waals surface area contributed by atoms with Crippen LogP contribution in [0.3, 0.4) is 0 Å². The van der Waals surface area contributed by atoms with Crippen molar-refractivity contribution in [2.75, 3.05) is 18.4 Å². The van der Waals surface area contributed by atoms with Gasteiger partial charge >= 0.3 is 0 Å². The van der Waals surface area contributed by atoms with Gasteiger partial charge in [-0.2, -0.15) is 0 Å². The number of halogens is 1. The summed E-state index contributed by atoms with van der Waals surface area (Å²) in [6.07, 6.45) is 6.35. The van der Waals surface area contributed by atoms with Crippen LogP contribution in [0.15, 0.2) is 42.0 Å². The summed E-state index contributed by atoms with van der Waals surface area (Å²) in [5.41, 5.74) is 1.03. The fourth-order valence-corrected chi connectivity index (χ4v) is 4.07. The van der Waals surface area contributed by atoms with Gasteiger partial charge < -0.3 is 10.2 Å². The van der Waals surface area contributed by atoms with E-state index < -0.39 is 5.91 Å². The zero-order valence-corrected chi connectivity index (χ0v) is 17.0. The molecule has 0 aliphatic carbocycles. The average Bonchev–Trinajstić information content (AvgIpc) is 3.25. The van der Waals surface area contributed by atoms with Gasteiger partial charge in [0.15, 0.2) is 10.8 Å². The number of likely N-dealkylation sites (tertiary alicyclic amines) is 1. The lowest BCUT2D eigenvalue weighted by atomic mass is 10.1. The topological polar surface area (TPSA) is 88.1 Å². The van der Waals surface area contributed by atoms with Gasteiger partial charge in [0.1, 0.15) is 5.69 Å². The lowest BCUT2D eigenvalue weighted by molar-refractivity contribution is 0.0725. The van der Waals surface area contributed by atoms with Crippen molar-refractivity contribution >= 4 is 40.4 Å². The molecule has 4 rings (SSSR count). The first kappa shape index (κ1) is 19.5. The molecule has 9 heteroatoms. The average molecular weight is 428 g/mol. The smallest absolute Gasteiger partial charge is 0.275 e. The van der Waals surface area contributed by atoms with Crippen LogP contribution in [0.5, 0.6) is 0 Å². The molecular weight excluding hydrogens is 410 g/mol. The number of anilines is 1. The molecule has 1 saturated heterocycles. The summed E-state index contributed by atoms with van der Waals surface area (Å²) >= 11 is 7.39. The summed E-state index contributed by atoms with van der Waals surface area (Å²) < 4.78 is 0. The summed E-state index contributed by atoms with van der Waals surface area (Å²) in [4.78, 5) is 40.1. The van der Waals surface area contributed by atoms with E-state index in [1.165, 1.54) is 11.3 Å². The van der Waals surface area contributed by atoms with E-state index in [2.05, 4.69) is 20.3 Å². The van der Waals surface area contributed by atoms with Crippen molar-refractivity contribution in [2.24, 2.45) is 0 Å². The fraction of sp³-hybridized carbons (Fsp3) is 0.250. The molecule has 3 aromatic rings. The summed E-state index contributed by atoms with van der Waals surface area (Å²) in [5.74, 6) is -0.0630. The van der Waals surface area contributed by atoms with Crippen LogP contribution in [0.25, 0.3) is 10.8 Å². The van der Waals surface area contributed by atoms with Crippen LogP contribution in [0.1, 0.15) is 40.1 Å². The minimum Gasteiger partial charge on any atom is -0.339 e. The van der Waals surface area contributed by atoms with E-state index >= 15 is 0 Å². The molecule has 0 spiro atoms. The number of piperidine rings is 1. The van der Waals surface area contributed by atoms with Gasteiger partial charge in [-0.3, -0.25) is 9.59 Å². The number of rotatable bonds is 4. The molecular formula is C20H18ClN5O2S. The van der Waals surface area contributed by atoms with Crippen LogP contribution in [0.4, 0.5) is 5.69 Å². The van der Waals surface area contributed by atoms with E-state index in [0.717, 1.165) is 32.4 Å². The lowest BCUT2D eigenvalue weighted by Crippen LogP contribution is -2.36. The predicted octanol–water partition coefficient (Wildman–Crippen LogP) is 4.13. The van der Waals surface area contributed by atoms with E-state index in [1.807, 2.05) is 4.90 Å². The number of hydrogen-bond acceptors (Lipinski definition) is 6. The Morgan fingerprint density at radius 1 is 1.10 bits per heavy atom. The molecule has 3 heterocycles. The molecule has 1 aliphatic heterocycles. The molecule has 1 N–H and O–H groups in total. The molecule has 1 aliphatic rings. The van der Waals surface area contributed by atoms with Crippen LogP contribution < -0.4 is 5.32 Å². The lowest BCUT2D eigenvalue weighted by Gasteiger charge is -2.27. The maximum Gasteiger partial charge on any atom is 0.275 e. The highest BCUT2D eigenvalue weighted by Crippen LogP contribution is 2.26. The summed E-state index contributed by atoms with van der Waals surface area (Å²) in [7, 11) is 0. The Labute approximate surface area is 176 Å². The zero-order valence-electron chi connectivity index (χ0n) is 15.5. The number of aromatic nitrogens is 3. The molecule has 1 fully saturated rings. The summed E-state index contributed by atoms with van der Waals surface area (Å²) in [5, 5.41) is 5.41. The number of nitrogens with one attached hydrogen (secondary N) is 1. The molecule has 1 aromatic carbocycles. The normalized spacial score (nSPS) is 13.9. The molecule has 2 aromatic heterocycles. The number of carbonyl (C=O) groups excluding carboxylic acids is 2. The van der Waals surface area contributed by atoms with E-state index in [-0.39, 0.29) is 11.6 Å². The first-order chi connectivity index (χ1) is 14.1. The quantitative estimate of drug-likeness (QED) is 0.676. The van der Waals surface area contributed by atoms with Crippen molar-refractivity contribution < 1.29 is 9.59 Å². The third-order valence-corrected chi connectivity index (χ3v) is 5.67. The monoisotopic (exact) mass is 427 g/mol. The van der Waals surface area contributed by atoms with Gasteiger partial charge in [-0.25, -0.2) is 15.0 Å². The van der Waals surface area contributed by atoms with Crippen LogP contribution in [-0.4, -0.2) is 44.8 Å². The second kappa shape index (κ2) is 8.67. The van der Waals surface area contributed by atoms with Gasteiger partial charge in [0.25, 0.3) is 11.8 Å². The molecule has 0 unspecified atom stereocenters. The molecule has 7 nitrogen and oxygen atoms in total. The van der Waals surface area contributed by atoms with Gasteiger partial charge in [0, 0.05) is 35.9 Å². The number of nitrogens with zero attached hydrogens (tertiary/aromatic N) is 4. The van der Waals surface area contributed by atoms with Crippen molar-refractivity contribution in [3.05, 3.63) is 58.3 Å². The Morgan fingerprint density at radius 2 is 1.86 bits per heavy atom. The first-order valence-electron chi connectivity index (χ1n) is 9.25. The SMILES string of the molecule is O=C(Nc1cc(Cl)ccc1C(=O)N1CCCCC1)c1csc(-c2ncccn2)n1. The van der Waals surface area contributed by atoms with Crippen LogP contribution in [0.2, 0.25) is 5.02 Å². The van der Waals surface area contributed by atoms with Crippen LogP contribution in [-0.2, 0) is 0 Å². The number of carbonyl (C=O) groups is 2. The largest absolute Gasteiger partial charge is 0.339 e. The van der Waals surface area contributed by atoms with Gasteiger partial charge in [-0.1, -0.05) is 11.6 Å². The number of hydrogen-bond donors (Lipinski definition) is 1. The van der Waals surface area contributed by atoms with E-state index in [1.54, 1.807) is 42.0 Å². The second-order valence-electron chi connectivity index (χ2n) is 6.61. The molecule has 0 bridgehead atoms. The Kier molecular flexibility index (Phi) is 5.82. The first-order valence-corrected chi connectivity index (χ1v) is 10.5. The molecule has 0 radical (unpaired) electrons. The molecule has 29 heavy (non-hydrogen) atoms. The fourth-order valence-electron chi connectivity index (χ4n) is 3.15. The minimum atomic E-state index is -0.418. The summed E-state index contributed by atoms with van der Waals surface area (Å²) in [6, 6.07) is 6.61. The molecule has 0 saturated carbocycles. The van der Waals surface area contributed by atoms with E-state index in [0.29, 0.717) is 27.1 Å². The minimum absolute atomic E-state index is 0.103. The van der Waals surface area contributed by atoms with E-state index in [4.69, 9.17) is 11.6 Å². The number of benzene rings is 1. The third-order valence-electron chi connectivity index (χ3n) is 4.60. The van der Waals surface area contributed by atoms with Crippen LogP contribution in [0, 0.1) is 0 Å². The van der Waals surface area contributed by atoms with Crippen molar-refractivity contribution in [2.45, 2.75) is 19.3 Å². The van der Waals surface area contributed by atoms with E-state index in [9.17, 15) is 9.59 Å². The highest BCUT2D eigenvalue weighted by molar-refractivity contribution is 7.13. The number of amides is 2. The zero-order chi connectivity index (χ0) is 20.2. The van der Waals surface area contributed by atoms with Crippen molar-refractivity contribution in [1.82, 2.24) is 19.9 Å². The maximum atomic E-state index is 12.9. The Bertz CT molecular complexity index is 1030. The Morgan fingerprint density at radius 3 is 2.62 bits per heavy atom. The van der Waals surface area contributed by atoms with Crippen molar-refractivity contribution in [3.63, 3.8) is 0 Å². The van der Waals surface area contributed by atoms with Crippen molar-refractivity contribution in [1.29, 1.82) is 0 Å². The predicted molar refractivity (Wildman–Crippen MR) is 112 cm³/mol. The molecule has 2 amide bonds. The molecule has 0 atom stereocenters.